The first-order valence-electron chi connectivity index (χ1n) is 10.2. The summed E-state index contributed by atoms with van der Waals surface area (Å²) in [5.41, 5.74) is 1.95. The van der Waals surface area contributed by atoms with Crippen LogP contribution in [0, 0.1) is 5.82 Å². The number of ether oxygens (including phenoxy) is 1. The first-order valence-corrected chi connectivity index (χ1v) is 11.9. The molecular formula is C21H19FN6OS2. The second-order valence-electron chi connectivity index (χ2n) is 7.60. The van der Waals surface area contributed by atoms with Crippen LogP contribution in [0.1, 0.15) is 18.9 Å². The van der Waals surface area contributed by atoms with Crippen molar-refractivity contribution in [3.8, 4) is 11.1 Å². The molecule has 1 aliphatic heterocycles. The van der Waals surface area contributed by atoms with Crippen LogP contribution in [0.15, 0.2) is 46.2 Å². The molecule has 0 bridgehead atoms. The van der Waals surface area contributed by atoms with Crippen molar-refractivity contribution in [2.45, 2.75) is 29.1 Å². The van der Waals surface area contributed by atoms with Crippen molar-refractivity contribution in [1.29, 1.82) is 0 Å². The Morgan fingerprint density at radius 2 is 1.87 bits per heavy atom. The Labute approximate surface area is 186 Å². The van der Waals surface area contributed by atoms with Crippen LogP contribution in [0.4, 0.5) is 10.3 Å². The molecule has 2 fully saturated rings. The van der Waals surface area contributed by atoms with Crippen LogP contribution < -0.4 is 4.90 Å². The van der Waals surface area contributed by atoms with Gasteiger partial charge in [-0.05, 0) is 42.3 Å². The number of anilines is 1. The minimum atomic E-state index is -0.248. The molecule has 0 N–H and O–H groups in total. The number of hydrogen-bond acceptors (Lipinski definition) is 8. The summed E-state index contributed by atoms with van der Waals surface area (Å²) in [5.74, 6) is 0.671. The number of hydrogen-bond donors (Lipinski definition) is 0. The van der Waals surface area contributed by atoms with Crippen LogP contribution in [0.25, 0.3) is 21.3 Å². The average molecular weight is 455 g/mol. The van der Waals surface area contributed by atoms with Gasteiger partial charge >= 0.3 is 0 Å². The number of thiophene rings is 1. The SMILES string of the molecule is Fc1ccc(-c2csc3ncnc(Sc4nnc(N5CCOCC5)n4C4CC4)c23)cc1. The maximum Gasteiger partial charge on any atom is 0.228 e. The standard InChI is InChI=1S/C21H19FN6OS2/c22-14-3-1-13(2-4-14)16-11-30-18-17(16)19(24-12-23-18)31-21-26-25-20(28(21)15-5-6-15)27-7-9-29-10-8-27/h1-4,11-12,15H,5-10H2. The first-order chi connectivity index (χ1) is 15.3. The highest BCUT2D eigenvalue weighted by molar-refractivity contribution is 7.99. The Kier molecular flexibility index (Phi) is 4.85. The lowest BCUT2D eigenvalue weighted by Crippen LogP contribution is -2.38. The molecule has 2 aliphatic rings. The molecule has 0 spiro atoms. The second-order valence-corrected chi connectivity index (χ2v) is 9.41. The van der Waals surface area contributed by atoms with Crippen LogP contribution in [0.3, 0.4) is 0 Å². The number of nitrogens with zero attached hydrogens (tertiary/aromatic N) is 6. The normalized spacial score (nSPS) is 16.9. The van der Waals surface area contributed by atoms with Gasteiger partial charge in [-0.15, -0.1) is 21.5 Å². The average Bonchev–Trinajstić information content (AvgIpc) is 3.41. The predicted octanol–water partition coefficient (Wildman–Crippen LogP) is 4.41. The lowest BCUT2D eigenvalue weighted by molar-refractivity contribution is 0.121. The highest BCUT2D eigenvalue weighted by Crippen LogP contribution is 2.44. The Bertz CT molecular complexity index is 1230. The molecular weight excluding hydrogens is 435 g/mol. The van der Waals surface area contributed by atoms with Crippen LogP contribution >= 0.6 is 23.1 Å². The molecule has 0 atom stereocenters. The van der Waals surface area contributed by atoms with E-state index in [4.69, 9.17) is 4.74 Å². The van der Waals surface area contributed by atoms with E-state index in [1.807, 2.05) is 0 Å². The predicted molar refractivity (Wildman–Crippen MR) is 118 cm³/mol. The van der Waals surface area contributed by atoms with Gasteiger partial charge in [0.2, 0.25) is 5.95 Å². The molecule has 4 aromatic rings. The van der Waals surface area contributed by atoms with Gasteiger partial charge < -0.3 is 9.64 Å². The lowest BCUT2D eigenvalue weighted by Gasteiger charge is -2.27. The van der Waals surface area contributed by atoms with Gasteiger partial charge in [0.15, 0.2) is 5.16 Å². The molecule has 0 radical (unpaired) electrons. The molecule has 158 valence electrons. The molecule has 1 saturated heterocycles. The smallest absolute Gasteiger partial charge is 0.228 e. The number of fused-ring (bicyclic) bond motifs is 1. The lowest BCUT2D eigenvalue weighted by atomic mass is 10.1. The Balaban J connectivity index is 1.41. The Hall–Kier alpha value is -2.56. The van der Waals surface area contributed by atoms with E-state index in [1.165, 1.54) is 23.9 Å². The van der Waals surface area contributed by atoms with Gasteiger partial charge in [-0.1, -0.05) is 12.1 Å². The van der Waals surface area contributed by atoms with Gasteiger partial charge in [-0.2, -0.15) is 0 Å². The third-order valence-electron chi connectivity index (χ3n) is 5.53. The number of benzene rings is 1. The van der Waals surface area contributed by atoms with Crippen molar-refractivity contribution in [2.24, 2.45) is 0 Å². The summed E-state index contributed by atoms with van der Waals surface area (Å²) in [5, 5.41) is 13.8. The fraction of sp³-hybridized carbons (Fsp3) is 0.333. The van der Waals surface area contributed by atoms with Crippen molar-refractivity contribution in [3.63, 3.8) is 0 Å². The van der Waals surface area contributed by atoms with E-state index in [0.717, 1.165) is 63.4 Å². The minimum Gasteiger partial charge on any atom is -0.378 e. The number of rotatable bonds is 5. The van der Waals surface area contributed by atoms with Crippen LogP contribution in [-0.4, -0.2) is 51.0 Å². The highest BCUT2D eigenvalue weighted by Gasteiger charge is 2.32. The number of morpholine rings is 1. The van der Waals surface area contributed by atoms with E-state index in [-0.39, 0.29) is 5.82 Å². The van der Waals surface area contributed by atoms with Gasteiger partial charge in [0.05, 0.1) is 18.6 Å². The molecule has 3 aromatic heterocycles. The maximum absolute atomic E-state index is 13.4. The highest BCUT2D eigenvalue weighted by atomic mass is 32.2. The van der Waals surface area contributed by atoms with Gasteiger partial charge in [-0.25, -0.2) is 14.4 Å². The van der Waals surface area contributed by atoms with Gasteiger partial charge in [0.1, 0.15) is 22.0 Å². The molecule has 10 heteroatoms. The van der Waals surface area contributed by atoms with Crippen LogP contribution in [-0.2, 0) is 4.74 Å². The number of aromatic nitrogens is 5. The molecule has 1 aromatic carbocycles. The summed E-state index contributed by atoms with van der Waals surface area (Å²) in [6.45, 7) is 3.07. The van der Waals surface area contributed by atoms with E-state index in [2.05, 4.69) is 35.0 Å². The van der Waals surface area contributed by atoms with Gasteiger partial charge in [-0.3, -0.25) is 4.57 Å². The summed E-state index contributed by atoms with van der Waals surface area (Å²) >= 11 is 3.09. The molecule has 0 unspecified atom stereocenters. The van der Waals surface area contributed by atoms with Gasteiger partial charge in [0, 0.05) is 30.1 Å². The topological polar surface area (TPSA) is 69.0 Å². The zero-order chi connectivity index (χ0) is 20.8. The van der Waals surface area contributed by atoms with Crippen molar-refractivity contribution < 1.29 is 9.13 Å². The zero-order valence-corrected chi connectivity index (χ0v) is 18.2. The molecule has 31 heavy (non-hydrogen) atoms. The molecule has 7 nitrogen and oxygen atoms in total. The van der Waals surface area contributed by atoms with Crippen molar-refractivity contribution in [2.75, 3.05) is 31.2 Å². The van der Waals surface area contributed by atoms with E-state index in [1.54, 1.807) is 29.8 Å². The quantitative estimate of drug-likeness (QED) is 0.414. The molecule has 0 amide bonds. The summed E-state index contributed by atoms with van der Waals surface area (Å²) in [6, 6.07) is 6.98. The van der Waals surface area contributed by atoms with E-state index >= 15 is 0 Å². The zero-order valence-electron chi connectivity index (χ0n) is 16.6. The van der Waals surface area contributed by atoms with Crippen molar-refractivity contribution in [3.05, 3.63) is 41.8 Å². The van der Waals surface area contributed by atoms with E-state index < -0.39 is 0 Å². The summed E-state index contributed by atoms with van der Waals surface area (Å²) in [6.07, 6.45) is 3.87. The van der Waals surface area contributed by atoms with Crippen LogP contribution in [0.2, 0.25) is 0 Å². The second kappa shape index (κ2) is 7.85. The fourth-order valence-electron chi connectivity index (χ4n) is 3.82. The van der Waals surface area contributed by atoms with Crippen molar-refractivity contribution in [1.82, 2.24) is 24.7 Å². The van der Waals surface area contributed by atoms with Crippen LogP contribution in [0.5, 0.6) is 0 Å². The number of halogens is 1. The van der Waals surface area contributed by atoms with Crippen molar-refractivity contribution >= 4 is 39.3 Å². The summed E-state index contributed by atoms with van der Waals surface area (Å²) in [7, 11) is 0. The third-order valence-corrected chi connectivity index (χ3v) is 7.38. The Morgan fingerprint density at radius 1 is 1.06 bits per heavy atom. The van der Waals surface area contributed by atoms with E-state index in [0.29, 0.717) is 19.3 Å². The third kappa shape index (κ3) is 3.58. The molecule has 1 aliphatic carbocycles. The molecule has 6 rings (SSSR count). The summed E-state index contributed by atoms with van der Waals surface area (Å²) < 4.78 is 21.2. The first kappa shape index (κ1) is 19.1. The maximum atomic E-state index is 13.4. The largest absolute Gasteiger partial charge is 0.378 e. The summed E-state index contributed by atoms with van der Waals surface area (Å²) in [4.78, 5) is 12.2. The molecule has 4 heterocycles. The monoisotopic (exact) mass is 454 g/mol. The minimum absolute atomic E-state index is 0.248. The van der Waals surface area contributed by atoms with E-state index in [9.17, 15) is 4.39 Å². The van der Waals surface area contributed by atoms with Gasteiger partial charge in [0.25, 0.3) is 0 Å². The fourth-order valence-corrected chi connectivity index (χ4v) is 5.80. The Morgan fingerprint density at radius 3 is 2.65 bits per heavy atom. The molecule has 1 saturated carbocycles.